The normalized spacial score (nSPS) is 18.6. The van der Waals surface area contributed by atoms with Crippen LogP contribution in [0.15, 0.2) is 22.7 Å². The predicted molar refractivity (Wildman–Crippen MR) is 68.4 cm³/mol. The van der Waals surface area contributed by atoms with Crippen LogP contribution in [0.3, 0.4) is 0 Å². The van der Waals surface area contributed by atoms with E-state index in [1.165, 1.54) is 24.8 Å². The Balaban J connectivity index is 2.30. The first-order valence-electron chi connectivity index (χ1n) is 5.33. The van der Waals surface area contributed by atoms with Crippen LogP contribution in [0, 0.1) is 0 Å². The lowest BCUT2D eigenvalue weighted by atomic mass is 9.62. The third-order valence-electron chi connectivity index (χ3n) is 3.47. The third-order valence-corrected chi connectivity index (χ3v) is 4.68. The molecule has 0 radical (unpaired) electrons. The molecule has 1 aromatic rings. The highest BCUT2D eigenvalue weighted by Crippen LogP contribution is 2.47. The SMILES string of the molecule is NCCC1(c2ccc(Cl)c(Br)c2)CCC1. The molecule has 0 spiro atoms. The van der Waals surface area contributed by atoms with Crippen LogP contribution < -0.4 is 5.73 Å². The summed E-state index contributed by atoms with van der Waals surface area (Å²) < 4.78 is 0.991. The summed E-state index contributed by atoms with van der Waals surface area (Å²) in [6.45, 7) is 0.764. The Hall–Kier alpha value is -0.0500. The fourth-order valence-electron chi connectivity index (χ4n) is 2.39. The number of nitrogens with two attached hydrogens (primary N) is 1. The standard InChI is InChI=1S/C12H15BrClN/c13-10-8-9(2-3-11(10)14)12(6-7-15)4-1-5-12/h2-3,8H,1,4-7,15H2. The first kappa shape index (κ1) is 11.4. The molecule has 0 unspecified atom stereocenters. The highest BCUT2D eigenvalue weighted by atomic mass is 79.9. The van der Waals surface area contributed by atoms with Crippen molar-refractivity contribution in [2.24, 2.45) is 5.73 Å². The smallest absolute Gasteiger partial charge is 0.0548 e. The molecule has 0 heterocycles. The van der Waals surface area contributed by atoms with Gasteiger partial charge < -0.3 is 5.73 Å². The first-order valence-corrected chi connectivity index (χ1v) is 6.51. The Morgan fingerprint density at radius 3 is 2.60 bits per heavy atom. The van der Waals surface area contributed by atoms with Crippen molar-refractivity contribution in [2.75, 3.05) is 6.54 Å². The zero-order valence-corrected chi connectivity index (χ0v) is 10.9. The summed E-state index contributed by atoms with van der Waals surface area (Å²) in [4.78, 5) is 0. The van der Waals surface area contributed by atoms with Crippen LogP contribution in [-0.2, 0) is 5.41 Å². The Bertz CT molecular complexity index is 361. The van der Waals surface area contributed by atoms with Gasteiger partial charge in [0, 0.05) is 4.47 Å². The maximum absolute atomic E-state index is 6.00. The van der Waals surface area contributed by atoms with E-state index >= 15 is 0 Å². The van der Waals surface area contributed by atoms with Crippen LogP contribution in [0.5, 0.6) is 0 Å². The van der Waals surface area contributed by atoms with Crippen molar-refractivity contribution in [3.8, 4) is 0 Å². The number of hydrogen-bond donors (Lipinski definition) is 1. The molecule has 2 N–H and O–H groups in total. The molecule has 0 saturated heterocycles. The summed E-state index contributed by atoms with van der Waals surface area (Å²) in [6.07, 6.45) is 4.93. The number of rotatable bonds is 3. The second-order valence-corrected chi connectivity index (χ2v) is 5.56. The third kappa shape index (κ3) is 2.08. The van der Waals surface area contributed by atoms with Crippen LogP contribution in [0.1, 0.15) is 31.2 Å². The van der Waals surface area contributed by atoms with Gasteiger partial charge in [-0.1, -0.05) is 24.1 Å². The second-order valence-electron chi connectivity index (χ2n) is 4.30. The van der Waals surface area contributed by atoms with Crippen LogP contribution >= 0.6 is 27.5 Å². The second kappa shape index (κ2) is 4.44. The van der Waals surface area contributed by atoms with E-state index in [1.54, 1.807) is 0 Å². The van der Waals surface area contributed by atoms with E-state index < -0.39 is 0 Å². The molecule has 15 heavy (non-hydrogen) atoms. The van der Waals surface area contributed by atoms with E-state index in [4.69, 9.17) is 17.3 Å². The first-order chi connectivity index (χ1) is 7.18. The van der Waals surface area contributed by atoms with Gasteiger partial charge in [0.15, 0.2) is 0 Å². The quantitative estimate of drug-likeness (QED) is 0.897. The van der Waals surface area contributed by atoms with Crippen molar-refractivity contribution >= 4 is 27.5 Å². The summed E-state index contributed by atoms with van der Waals surface area (Å²) in [5, 5.41) is 0.779. The molecule has 1 aliphatic rings. The highest BCUT2D eigenvalue weighted by molar-refractivity contribution is 9.10. The Labute approximate surface area is 104 Å². The summed E-state index contributed by atoms with van der Waals surface area (Å²) in [7, 11) is 0. The van der Waals surface area contributed by atoms with E-state index in [0.29, 0.717) is 5.41 Å². The van der Waals surface area contributed by atoms with Crippen LogP contribution in [0.2, 0.25) is 5.02 Å². The van der Waals surface area contributed by atoms with E-state index in [9.17, 15) is 0 Å². The minimum absolute atomic E-state index is 0.335. The van der Waals surface area contributed by atoms with Gasteiger partial charge in [-0.15, -0.1) is 0 Å². The molecule has 0 aromatic heterocycles. The predicted octanol–water partition coefficient (Wildman–Crippen LogP) is 3.87. The van der Waals surface area contributed by atoms with Gasteiger partial charge >= 0.3 is 0 Å². The summed E-state index contributed by atoms with van der Waals surface area (Å²) >= 11 is 9.48. The van der Waals surface area contributed by atoms with Gasteiger partial charge in [-0.2, -0.15) is 0 Å². The van der Waals surface area contributed by atoms with E-state index in [-0.39, 0.29) is 0 Å². The molecule has 82 valence electrons. The average Bonchev–Trinajstić information content (AvgIpc) is 2.16. The fourth-order valence-corrected chi connectivity index (χ4v) is 2.89. The van der Waals surface area contributed by atoms with Crippen molar-refractivity contribution in [2.45, 2.75) is 31.1 Å². The molecular formula is C12H15BrClN. The van der Waals surface area contributed by atoms with Gasteiger partial charge in [0.2, 0.25) is 0 Å². The summed E-state index contributed by atoms with van der Waals surface area (Å²) in [5.74, 6) is 0. The molecule has 0 bridgehead atoms. The van der Waals surface area contributed by atoms with Gasteiger partial charge in [0.25, 0.3) is 0 Å². The van der Waals surface area contributed by atoms with E-state index in [0.717, 1.165) is 22.5 Å². The fraction of sp³-hybridized carbons (Fsp3) is 0.500. The van der Waals surface area contributed by atoms with Crippen molar-refractivity contribution in [1.29, 1.82) is 0 Å². The number of benzene rings is 1. The van der Waals surface area contributed by atoms with Crippen LogP contribution in [0.4, 0.5) is 0 Å². The van der Waals surface area contributed by atoms with Crippen molar-refractivity contribution in [3.63, 3.8) is 0 Å². The minimum Gasteiger partial charge on any atom is -0.330 e. The van der Waals surface area contributed by atoms with Gasteiger partial charge in [-0.05, 0) is 64.8 Å². The maximum atomic E-state index is 6.00. The van der Waals surface area contributed by atoms with Crippen molar-refractivity contribution in [3.05, 3.63) is 33.3 Å². The van der Waals surface area contributed by atoms with Gasteiger partial charge in [0.1, 0.15) is 0 Å². The molecule has 1 saturated carbocycles. The van der Waals surface area contributed by atoms with Gasteiger partial charge in [0.05, 0.1) is 5.02 Å². The molecule has 1 nitrogen and oxygen atoms in total. The number of hydrogen-bond acceptors (Lipinski definition) is 1. The zero-order chi connectivity index (χ0) is 10.9. The Morgan fingerprint density at radius 2 is 2.13 bits per heavy atom. The van der Waals surface area contributed by atoms with Crippen LogP contribution in [0.25, 0.3) is 0 Å². The zero-order valence-electron chi connectivity index (χ0n) is 8.60. The molecule has 0 amide bonds. The Kier molecular flexibility index (Phi) is 3.39. The maximum Gasteiger partial charge on any atom is 0.0548 e. The molecule has 1 fully saturated rings. The van der Waals surface area contributed by atoms with E-state index in [2.05, 4.69) is 28.1 Å². The summed E-state index contributed by atoms with van der Waals surface area (Å²) in [5.41, 5.74) is 7.41. The largest absolute Gasteiger partial charge is 0.330 e. The lowest BCUT2D eigenvalue weighted by Gasteiger charge is -2.42. The van der Waals surface area contributed by atoms with Crippen LogP contribution in [-0.4, -0.2) is 6.54 Å². The van der Waals surface area contributed by atoms with Crippen molar-refractivity contribution < 1.29 is 0 Å². The molecule has 1 aliphatic carbocycles. The minimum atomic E-state index is 0.335. The molecule has 0 aliphatic heterocycles. The topological polar surface area (TPSA) is 26.0 Å². The molecule has 1 aromatic carbocycles. The summed E-state index contributed by atoms with van der Waals surface area (Å²) in [6, 6.07) is 6.26. The highest BCUT2D eigenvalue weighted by Gasteiger charge is 2.37. The molecular weight excluding hydrogens is 273 g/mol. The van der Waals surface area contributed by atoms with E-state index in [1.807, 2.05) is 6.07 Å². The molecule has 3 heteroatoms. The lowest BCUT2D eigenvalue weighted by Crippen LogP contribution is -2.36. The molecule has 2 rings (SSSR count). The van der Waals surface area contributed by atoms with Gasteiger partial charge in [-0.25, -0.2) is 0 Å². The monoisotopic (exact) mass is 287 g/mol. The molecule has 0 atom stereocenters. The lowest BCUT2D eigenvalue weighted by molar-refractivity contribution is 0.229. The van der Waals surface area contributed by atoms with Crippen molar-refractivity contribution in [1.82, 2.24) is 0 Å². The number of halogens is 2. The Morgan fingerprint density at radius 1 is 1.40 bits per heavy atom. The van der Waals surface area contributed by atoms with Gasteiger partial charge in [-0.3, -0.25) is 0 Å². The average molecular weight is 289 g/mol.